The Balaban J connectivity index is 1.94. The van der Waals surface area contributed by atoms with Crippen molar-refractivity contribution >= 4 is 10.0 Å². The molecule has 1 aromatic rings. The van der Waals surface area contributed by atoms with Gasteiger partial charge in [0.1, 0.15) is 4.90 Å². The summed E-state index contributed by atoms with van der Waals surface area (Å²) >= 11 is 0. The molecule has 7 nitrogen and oxygen atoms in total. The Morgan fingerprint density at radius 2 is 2.04 bits per heavy atom. The van der Waals surface area contributed by atoms with Crippen molar-refractivity contribution in [2.75, 3.05) is 32.8 Å². The summed E-state index contributed by atoms with van der Waals surface area (Å²) in [6.45, 7) is 3.99. The molecule has 1 atom stereocenters. The van der Waals surface area contributed by atoms with Crippen molar-refractivity contribution in [3.05, 3.63) is 11.9 Å². The van der Waals surface area contributed by atoms with Crippen LogP contribution in [0.4, 0.5) is 8.78 Å². The number of hydrogen-bond acceptors (Lipinski definition) is 5. The van der Waals surface area contributed by atoms with Gasteiger partial charge in [0.25, 0.3) is 0 Å². The second kappa shape index (κ2) is 7.65. The molecular weight excluding hydrogens is 330 g/mol. The number of hydrogen-bond donors (Lipinski definition) is 1. The highest BCUT2D eigenvalue weighted by Crippen LogP contribution is 2.20. The molecule has 1 aliphatic heterocycles. The number of aromatic nitrogens is 2. The van der Waals surface area contributed by atoms with Crippen molar-refractivity contribution in [2.24, 2.45) is 0 Å². The number of nitrogens with zero attached hydrogens (tertiary/aromatic N) is 3. The Kier molecular flexibility index (Phi) is 6.06. The van der Waals surface area contributed by atoms with Gasteiger partial charge in [0, 0.05) is 19.1 Å². The van der Waals surface area contributed by atoms with Gasteiger partial charge < -0.3 is 4.74 Å². The van der Waals surface area contributed by atoms with E-state index in [-0.39, 0.29) is 16.6 Å². The Bertz CT molecular complexity index is 615. The van der Waals surface area contributed by atoms with Crippen molar-refractivity contribution in [3.63, 3.8) is 0 Å². The van der Waals surface area contributed by atoms with E-state index in [1.165, 1.54) is 6.92 Å². The van der Waals surface area contributed by atoms with E-state index in [0.29, 0.717) is 24.3 Å². The van der Waals surface area contributed by atoms with E-state index in [2.05, 4.69) is 14.7 Å². The normalized spacial score (nSPS) is 18.5. The predicted octanol–water partition coefficient (Wildman–Crippen LogP) is 0.976. The van der Waals surface area contributed by atoms with Crippen LogP contribution in [0.2, 0.25) is 0 Å². The molecule has 0 bridgehead atoms. The average Bonchev–Trinajstić information content (AvgIpc) is 2.88. The molecule has 1 aromatic heterocycles. The van der Waals surface area contributed by atoms with Crippen LogP contribution in [0.5, 0.6) is 0 Å². The van der Waals surface area contributed by atoms with Gasteiger partial charge in [0.2, 0.25) is 10.0 Å². The number of halogens is 2. The highest BCUT2D eigenvalue weighted by Gasteiger charge is 2.25. The summed E-state index contributed by atoms with van der Waals surface area (Å²) in [5.41, 5.74) is -0.0760. The summed E-state index contributed by atoms with van der Waals surface area (Å²) in [6.07, 6.45) is 1.58. The molecule has 2 heterocycles. The van der Waals surface area contributed by atoms with E-state index in [0.717, 1.165) is 25.8 Å². The van der Waals surface area contributed by atoms with Crippen LogP contribution in [0.1, 0.15) is 25.6 Å². The van der Waals surface area contributed by atoms with E-state index in [1.807, 2.05) is 0 Å². The Labute approximate surface area is 134 Å². The molecule has 1 saturated heterocycles. The van der Waals surface area contributed by atoms with Crippen molar-refractivity contribution < 1.29 is 21.9 Å². The molecule has 10 heteroatoms. The highest BCUT2D eigenvalue weighted by molar-refractivity contribution is 7.89. The molecule has 0 saturated carbocycles. The molecule has 2 rings (SSSR count). The zero-order valence-electron chi connectivity index (χ0n) is 13.2. The molecule has 0 radical (unpaired) electrons. The third-order valence-corrected chi connectivity index (χ3v) is 5.50. The zero-order valence-corrected chi connectivity index (χ0v) is 14.0. The fourth-order valence-corrected chi connectivity index (χ4v) is 3.90. The summed E-state index contributed by atoms with van der Waals surface area (Å²) in [5, 5.41) is 3.43. The van der Waals surface area contributed by atoms with Gasteiger partial charge in [-0.25, -0.2) is 17.8 Å². The summed E-state index contributed by atoms with van der Waals surface area (Å²) in [5.74, 6) is 0. The number of rotatable bonds is 7. The summed E-state index contributed by atoms with van der Waals surface area (Å²) in [7, 11) is -3.87. The van der Waals surface area contributed by atoms with E-state index >= 15 is 0 Å². The zero-order chi connectivity index (χ0) is 17.0. The minimum absolute atomic E-state index is 0.0760. The standard InChI is InChI=1S/C13H22F2N4O3S/c1-10(3-4-18-5-7-22-8-6-18)17-23(20,21)12-9-16-19(11(12)2)13(14)15/h9-10,13,17H,3-8H2,1-2H3. The smallest absolute Gasteiger partial charge is 0.333 e. The third-order valence-electron chi connectivity index (χ3n) is 3.81. The molecule has 23 heavy (non-hydrogen) atoms. The first-order valence-electron chi connectivity index (χ1n) is 7.46. The maximum absolute atomic E-state index is 12.7. The Morgan fingerprint density at radius 3 is 2.61 bits per heavy atom. The van der Waals surface area contributed by atoms with Crippen LogP contribution in [-0.2, 0) is 14.8 Å². The van der Waals surface area contributed by atoms with Gasteiger partial charge in [-0.05, 0) is 26.8 Å². The SMILES string of the molecule is Cc1c(S(=O)(=O)NC(C)CCN2CCOCC2)cnn1C(F)F. The van der Waals surface area contributed by atoms with Crippen LogP contribution in [0, 0.1) is 6.92 Å². The molecule has 0 aliphatic carbocycles. The van der Waals surface area contributed by atoms with Gasteiger partial charge in [-0.1, -0.05) is 0 Å². The minimum atomic E-state index is -3.87. The third kappa shape index (κ3) is 4.69. The first-order valence-corrected chi connectivity index (χ1v) is 8.94. The van der Waals surface area contributed by atoms with Crippen molar-refractivity contribution in [3.8, 4) is 0 Å². The largest absolute Gasteiger partial charge is 0.379 e. The predicted molar refractivity (Wildman–Crippen MR) is 79.9 cm³/mol. The van der Waals surface area contributed by atoms with Crippen LogP contribution in [0.15, 0.2) is 11.1 Å². The second-order valence-corrected chi connectivity index (χ2v) is 7.26. The van der Waals surface area contributed by atoms with Gasteiger partial charge in [-0.2, -0.15) is 13.9 Å². The summed E-state index contributed by atoms with van der Waals surface area (Å²) in [6, 6.07) is -0.308. The molecule has 132 valence electrons. The Morgan fingerprint density at radius 1 is 1.39 bits per heavy atom. The quantitative estimate of drug-likeness (QED) is 0.791. The molecule has 1 aliphatic rings. The van der Waals surface area contributed by atoms with Crippen LogP contribution in [0.25, 0.3) is 0 Å². The lowest BCUT2D eigenvalue weighted by molar-refractivity contribution is 0.0366. The van der Waals surface area contributed by atoms with Crippen LogP contribution in [-0.4, -0.2) is 62.0 Å². The van der Waals surface area contributed by atoms with Gasteiger partial charge in [-0.3, -0.25) is 4.90 Å². The van der Waals surface area contributed by atoms with Crippen LogP contribution < -0.4 is 4.72 Å². The van der Waals surface area contributed by atoms with Crippen LogP contribution in [0.3, 0.4) is 0 Å². The van der Waals surface area contributed by atoms with Crippen molar-refractivity contribution in [2.45, 2.75) is 37.8 Å². The van der Waals surface area contributed by atoms with E-state index in [4.69, 9.17) is 4.74 Å². The lowest BCUT2D eigenvalue weighted by Gasteiger charge is -2.27. The molecular formula is C13H22F2N4O3S. The van der Waals surface area contributed by atoms with Gasteiger partial charge >= 0.3 is 6.55 Å². The molecule has 0 spiro atoms. The number of morpholine rings is 1. The van der Waals surface area contributed by atoms with Crippen LogP contribution >= 0.6 is 0 Å². The fourth-order valence-electron chi connectivity index (χ4n) is 2.46. The first-order chi connectivity index (χ1) is 10.8. The summed E-state index contributed by atoms with van der Waals surface area (Å²) in [4.78, 5) is 1.99. The first kappa shape index (κ1) is 18.2. The fraction of sp³-hybridized carbons (Fsp3) is 0.769. The molecule has 1 unspecified atom stereocenters. The van der Waals surface area contributed by atoms with E-state index in [9.17, 15) is 17.2 Å². The number of ether oxygens (including phenoxy) is 1. The monoisotopic (exact) mass is 352 g/mol. The number of alkyl halides is 2. The maximum Gasteiger partial charge on any atom is 0.333 e. The maximum atomic E-state index is 12.7. The Hall–Kier alpha value is -1.10. The topological polar surface area (TPSA) is 76.5 Å². The molecule has 0 amide bonds. The van der Waals surface area contributed by atoms with Crippen molar-refractivity contribution in [1.29, 1.82) is 0 Å². The van der Waals surface area contributed by atoms with Gasteiger partial charge in [-0.15, -0.1) is 0 Å². The van der Waals surface area contributed by atoms with E-state index in [1.54, 1.807) is 6.92 Å². The van der Waals surface area contributed by atoms with Gasteiger partial charge in [0.05, 0.1) is 25.1 Å². The summed E-state index contributed by atoms with van der Waals surface area (Å²) < 4.78 is 58.2. The second-order valence-electron chi connectivity index (χ2n) is 5.58. The molecule has 1 fully saturated rings. The number of sulfonamides is 1. The molecule has 0 aromatic carbocycles. The molecule has 1 N–H and O–H groups in total. The minimum Gasteiger partial charge on any atom is -0.379 e. The lowest BCUT2D eigenvalue weighted by atomic mass is 10.2. The lowest BCUT2D eigenvalue weighted by Crippen LogP contribution is -2.40. The van der Waals surface area contributed by atoms with Crippen molar-refractivity contribution in [1.82, 2.24) is 19.4 Å². The van der Waals surface area contributed by atoms with Gasteiger partial charge in [0.15, 0.2) is 0 Å². The average molecular weight is 352 g/mol. The highest BCUT2D eigenvalue weighted by atomic mass is 32.2. The van der Waals surface area contributed by atoms with E-state index < -0.39 is 16.6 Å². The number of nitrogens with one attached hydrogen (secondary N) is 1.